The van der Waals surface area contributed by atoms with E-state index in [4.69, 9.17) is 9.47 Å². The first kappa shape index (κ1) is 37.8. The lowest BCUT2D eigenvalue weighted by atomic mass is 10.0. The summed E-state index contributed by atoms with van der Waals surface area (Å²) in [6.45, 7) is 8.77. The van der Waals surface area contributed by atoms with Crippen LogP contribution in [0, 0.1) is 11.8 Å². The van der Waals surface area contributed by atoms with E-state index >= 15 is 0 Å². The van der Waals surface area contributed by atoms with Gasteiger partial charge in [0.05, 0.1) is 50.1 Å². The van der Waals surface area contributed by atoms with Gasteiger partial charge in [0.1, 0.15) is 23.7 Å². The summed E-state index contributed by atoms with van der Waals surface area (Å²) in [6.07, 6.45) is 13.4. The Labute approximate surface area is 304 Å². The van der Waals surface area contributed by atoms with E-state index in [2.05, 4.69) is 30.6 Å². The number of aromatic nitrogens is 4. The fraction of sp³-hybridized carbons (Fsp3) is 0.474. The molecule has 0 spiro atoms. The minimum Gasteiger partial charge on any atom is -0.453 e. The Bertz CT molecular complexity index is 1760. The molecule has 0 bridgehead atoms. The van der Waals surface area contributed by atoms with Crippen LogP contribution in [0.3, 0.4) is 0 Å². The van der Waals surface area contributed by atoms with Crippen LogP contribution < -0.4 is 10.6 Å². The van der Waals surface area contributed by atoms with E-state index in [-0.39, 0.29) is 35.7 Å². The molecule has 2 aromatic heterocycles. The maximum atomic E-state index is 13.5. The molecule has 4 N–H and O–H groups in total. The Hall–Kier alpha value is -5.40. The number of ether oxygens (including phenoxy) is 2. The Morgan fingerprint density at radius 3 is 1.77 bits per heavy atom. The molecule has 4 amide bonds. The van der Waals surface area contributed by atoms with Crippen LogP contribution in [0.4, 0.5) is 9.59 Å². The van der Waals surface area contributed by atoms with Gasteiger partial charge in [-0.25, -0.2) is 19.6 Å². The number of allylic oxidation sites excluding steroid dienone is 2. The van der Waals surface area contributed by atoms with Crippen molar-refractivity contribution in [1.82, 2.24) is 40.4 Å². The van der Waals surface area contributed by atoms with E-state index in [1.165, 1.54) is 14.2 Å². The van der Waals surface area contributed by atoms with Crippen molar-refractivity contribution in [2.45, 2.75) is 77.5 Å². The molecule has 5 rings (SSSR count). The van der Waals surface area contributed by atoms with Crippen molar-refractivity contribution in [3.8, 4) is 11.3 Å². The number of carbonyl (C=O) groups is 4. The fourth-order valence-electron chi connectivity index (χ4n) is 6.74. The summed E-state index contributed by atoms with van der Waals surface area (Å²) in [5.74, 6) is 0.958. The van der Waals surface area contributed by atoms with Crippen LogP contribution in [0.5, 0.6) is 0 Å². The number of carbonyl (C=O) groups excluding carboxylic acids is 4. The number of likely N-dealkylation sites (tertiary alicyclic amines) is 2. The molecule has 2 aliphatic heterocycles. The van der Waals surface area contributed by atoms with Gasteiger partial charge >= 0.3 is 12.2 Å². The molecule has 2 aliphatic rings. The predicted octanol–water partition coefficient (Wildman–Crippen LogP) is 5.61. The fourth-order valence-corrected chi connectivity index (χ4v) is 6.74. The van der Waals surface area contributed by atoms with Crippen molar-refractivity contribution < 1.29 is 28.7 Å². The second-order valence-corrected chi connectivity index (χ2v) is 13.8. The van der Waals surface area contributed by atoms with Crippen molar-refractivity contribution in [3.05, 3.63) is 71.7 Å². The van der Waals surface area contributed by atoms with Crippen LogP contribution in [0.15, 0.2) is 48.8 Å². The number of alkyl carbamates (subject to hydrolysis) is 2. The highest BCUT2D eigenvalue weighted by atomic mass is 16.5. The van der Waals surface area contributed by atoms with Gasteiger partial charge in [0.15, 0.2) is 0 Å². The van der Waals surface area contributed by atoms with Crippen molar-refractivity contribution in [2.75, 3.05) is 27.3 Å². The number of rotatable bonds is 12. The zero-order valence-corrected chi connectivity index (χ0v) is 30.7. The van der Waals surface area contributed by atoms with Crippen LogP contribution in [-0.2, 0) is 19.1 Å². The van der Waals surface area contributed by atoms with Crippen LogP contribution in [0.1, 0.15) is 88.4 Å². The standard InChI is InChI=1S/C38H50N8O6/c1-23(2)31(43-37(49)51-5)35(47)45-19-9-13-29(45)33-39-21-27(41-33)12-8-7-11-25-15-17-26(18-16-25)28-22-40-34(42-28)30-14-10-20-46(30)36(48)32(24(3)4)44-38(50)52-6/h7-8,11-12,15-18,21-24,29-32H,9-10,13-14,19-20H2,1-6H3,(H,39,41)(H,40,42)(H,43,49)(H,44,50)/t29-,30-,31+,32+/m0/s1. The molecule has 0 saturated carbocycles. The number of hydrogen-bond acceptors (Lipinski definition) is 8. The molecule has 0 unspecified atom stereocenters. The highest BCUT2D eigenvalue weighted by Gasteiger charge is 2.38. The molecular weight excluding hydrogens is 664 g/mol. The number of nitrogens with zero attached hydrogens (tertiary/aromatic N) is 4. The van der Waals surface area contributed by atoms with Gasteiger partial charge in [0.25, 0.3) is 0 Å². The SMILES string of the molecule is COC(=O)N[C@@H](C(=O)N1CCC[C@H]1c1ncc(C=CC=Cc2ccc(-c3cnc([C@@H]4CCCN4C(=O)[C@H](NC(=O)OC)C(C)C)[nH]3)cc2)[nH]1)C(C)C. The first-order valence-corrected chi connectivity index (χ1v) is 17.9. The molecular formula is C38H50N8O6. The molecule has 0 aliphatic carbocycles. The quantitative estimate of drug-likeness (QED) is 0.175. The minimum atomic E-state index is -0.683. The van der Waals surface area contributed by atoms with Crippen molar-refractivity contribution in [1.29, 1.82) is 0 Å². The number of H-pyrrole nitrogens is 2. The Balaban J connectivity index is 1.18. The smallest absolute Gasteiger partial charge is 0.407 e. The monoisotopic (exact) mass is 714 g/mol. The number of imidazole rings is 2. The Kier molecular flexibility index (Phi) is 12.5. The summed E-state index contributed by atoms with van der Waals surface area (Å²) < 4.78 is 9.46. The zero-order chi connectivity index (χ0) is 37.4. The van der Waals surface area contributed by atoms with E-state index in [9.17, 15) is 19.2 Å². The highest BCUT2D eigenvalue weighted by Crippen LogP contribution is 2.33. The van der Waals surface area contributed by atoms with Gasteiger partial charge in [-0.15, -0.1) is 0 Å². The average molecular weight is 715 g/mol. The largest absolute Gasteiger partial charge is 0.453 e. The molecule has 4 heterocycles. The van der Waals surface area contributed by atoms with Gasteiger partial charge in [-0.2, -0.15) is 0 Å². The van der Waals surface area contributed by atoms with E-state index in [0.29, 0.717) is 13.1 Å². The first-order chi connectivity index (χ1) is 25.0. The molecule has 0 radical (unpaired) electrons. The summed E-state index contributed by atoms with van der Waals surface area (Å²) >= 11 is 0. The minimum absolute atomic E-state index is 0.0984. The van der Waals surface area contributed by atoms with Gasteiger partial charge in [-0.1, -0.05) is 70.2 Å². The molecule has 3 aromatic rings. The molecule has 278 valence electrons. The number of aromatic amines is 2. The Morgan fingerprint density at radius 2 is 1.25 bits per heavy atom. The summed E-state index contributed by atoms with van der Waals surface area (Å²) in [4.78, 5) is 70.2. The van der Waals surface area contributed by atoms with Crippen LogP contribution in [-0.4, -0.2) is 93.1 Å². The lowest BCUT2D eigenvalue weighted by Gasteiger charge is -2.30. The highest BCUT2D eigenvalue weighted by molar-refractivity contribution is 5.87. The van der Waals surface area contributed by atoms with Crippen LogP contribution >= 0.6 is 0 Å². The lowest BCUT2D eigenvalue weighted by Crippen LogP contribution is -2.51. The number of nitrogens with one attached hydrogen (secondary N) is 4. The Morgan fingerprint density at radius 1 is 0.750 bits per heavy atom. The third kappa shape index (κ3) is 8.90. The maximum absolute atomic E-state index is 13.5. The predicted molar refractivity (Wildman–Crippen MR) is 196 cm³/mol. The van der Waals surface area contributed by atoms with Gasteiger partial charge in [0.2, 0.25) is 11.8 Å². The second kappa shape index (κ2) is 17.2. The maximum Gasteiger partial charge on any atom is 0.407 e. The molecule has 1 aromatic carbocycles. The van der Waals surface area contributed by atoms with Gasteiger partial charge in [-0.3, -0.25) is 9.59 Å². The summed E-state index contributed by atoms with van der Waals surface area (Å²) in [5.41, 5.74) is 3.67. The average Bonchev–Trinajstić information content (AvgIpc) is 3.97. The summed E-state index contributed by atoms with van der Waals surface area (Å²) in [6, 6.07) is 6.34. The molecule has 2 fully saturated rings. The van der Waals surface area contributed by atoms with Gasteiger partial charge in [0, 0.05) is 13.1 Å². The second-order valence-electron chi connectivity index (χ2n) is 13.8. The van der Waals surface area contributed by atoms with Crippen LogP contribution in [0.2, 0.25) is 0 Å². The number of methoxy groups -OCH3 is 2. The number of amides is 4. The zero-order valence-electron chi connectivity index (χ0n) is 30.7. The summed E-state index contributed by atoms with van der Waals surface area (Å²) in [5, 5.41) is 5.36. The van der Waals surface area contributed by atoms with Crippen molar-refractivity contribution >= 4 is 36.2 Å². The normalized spacial score (nSPS) is 18.8. The third-order valence-corrected chi connectivity index (χ3v) is 9.59. The van der Waals surface area contributed by atoms with Gasteiger partial charge < -0.3 is 39.9 Å². The van der Waals surface area contributed by atoms with Crippen LogP contribution in [0.25, 0.3) is 23.4 Å². The van der Waals surface area contributed by atoms with Crippen molar-refractivity contribution in [2.24, 2.45) is 11.8 Å². The van der Waals surface area contributed by atoms with Gasteiger partial charge in [-0.05, 0) is 54.7 Å². The molecule has 2 saturated heterocycles. The lowest BCUT2D eigenvalue weighted by molar-refractivity contribution is -0.136. The van der Waals surface area contributed by atoms with Crippen molar-refractivity contribution in [3.63, 3.8) is 0 Å². The number of benzene rings is 1. The molecule has 4 atom stereocenters. The third-order valence-electron chi connectivity index (χ3n) is 9.59. The molecule has 14 nitrogen and oxygen atoms in total. The molecule has 52 heavy (non-hydrogen) atoms. The first-order valence-electron chi connectivity index (χ1n) is 17.9. The molecule has 14 heteroatoms. The number of hydrogen-bond donors (Lipinski definition) is 4. The van der Waals surface area contributed by atoms with E-state index in [0.717, 1.165) is 59.8 Å². The van der Waals surface area contributed by atoms with E-state index < -0.39 is 24.3 Å². The van der Waals surface area contributed by atoms with E-state index in [1.807, 2.05) is 76.3 Å². The van der Waals surface area contributed by atoms with E-state index in [1.54, 1.807) is 22.2 Å². The topological polar surface area (TPSA) is 175 Å². The summed E-state index contributed by atoms with van der Waals surface area (Å²) in [7, 11) is 2.57.